The van der Waals surface area contributed by atoms with Crippen molar-refractivity contribution in [1.29, 1.82) is 0 Å². The summed E-state index contributed by atoms with van der Waals surface area (Å²) in [5.74, 6) is -0.486. The van der Waals surface area contributed by atoms with E-state index in [1.165, 1.54) is 23.5 Å². The van der Waals surface area contributed by atoms with Crippen LogP contribution in [0.3, 0.4) is 0 Å². The molecule has 0 radical (unpaired) electrons. The lowest BCUT2D eigenvalue weighted by Gasteiger charge is -2.34. The summed E-state index contributed by atoms with van der Waals surface area (Å²) in [4.78, 5) is 39.5. The predicted octanol–water partition coefficient (Wildman–Crippen LogP) is 6.42. The van der Waals surface area contributed by atoms with E-state index in [2.05, 4.69) is 27.4 Å². The highest BCUT2D eigenvalue weighted by Gasteiger charge is 2.34. The summed E-state index contributed by atoms with van der Waals surface area (Å²) in [5.41, 5.74) is 2.69. The molecule has 1 saturated heterocycles. The number of anilines is 2. The Hall–Kier alpha value is -3.87. The largest absolute Gasteiger partial charge is 0.416 e. The van der Waals surface area contributed by atoms with Crippen molar-refractivity contribution in [1.82, 2.24) is 19.8 Å². The van der Waals surface area contributed by atoms with Crippen LogP contribution < -0.4 is 10.6 Å². The molecule has 12 heteroatoms. The predicted molar refractivity (Wildman–Crippen MR) is 166 cm³/mol. The van der Waals surface area contributed by atoms with E-state index in [1.54, 1.807) is 24.3 Å². The van der Waals surface area contributed by atoms with Crippen molar-refractivity contribution in [2.75, 3.05) is 43.4 Å². The van der Waals surface area contributed by atoms with Crippen molar-refractivity contribution in [3.63, 3.8) is 0 Å². The number of nitrogens with zero attached hydrogens (tertiary/aromatic N) is 4. The van der Waals surface area contributed by atoms with Gasteiger partial charge in [0.15, 0.2) is 5.13 Å². The molecule has 2 N–H and O–H groups in total. The number of nitrogens with one attached hydrogen (secondary N) is 2. The number of hydrogen-bond donors (Lipinski definition) is 2. The fourth-order valence-corrected chi connectivity index (χ4v) is 6.22. The zero-order valence-electron chi connectivity index (χ0n) is 24.5. The lowest BCUT2D eigenvalue weighted by atomic mass is 10.0. The first kappa shape index (κ1) is 30.2. The molecule has 2 aromatic carbocycles. The van der Waals surface area contributed by atoms with Gasteiger partial charge in [0.25, 0.3) is 5.91 Å². The van der Waals surface area contributed by atoms with Crippen LogP contribution in [0.4, 0.5) is 24.0 Å². The number of carbonyl (C=O) groups is 2. The number of aryl methyl sites for hydroxylation is 1. The molecule has 0 atom stereocenters. The zero-order chi connectivity index (χ0) is 31.0. The molecule has 3 heterocycles. The van der Waals surface area contributed by atoms with E-state index in [-0.39, 0.29) is 29.6 Å². The molecule has 2 amide bonds. The number of halogens is 3. The average Bonchev–Trinajstić information content (AvgIpc) is 3.78. The lowest BCUT2D eigenvalue weighted by molar-refractivity contribution is -0.138. The summed E-state index contributed by atoms with van der Waals surface area (Å²) in [6, 6.07) is 12.7. The molecule has 1 aliphatic carbocycles. The number of likely N-dealkylation sites (N-methyl/N-ethyl adjacent to an activating group) is 1. The molecule has 1 saturated carbocycles. The van der Waals surface area contributed by atoms with E-state index in [0.717, 1.165) is 44.1 Å². The summed E-state index contributed by atoms with van der Waals surface area (Å²) in [5, 5.41) is 6.00. The first-order valence-corrected chi connectivity index (χ1v) is 15.5. The molecule has 2 aliphatic rings. The minimum Gasteiger partial charge on any atom is -0.322 e. The molecule has 2 fully saturated rings. The quantitative estimate of drug-likeness (QED) is 0.236. The number of rotatable bonds is 8. The van der Waals surface area contributed by atoms with Crippen molar-refractivity contribution < 1.29 is 22.8 Å². The molecular formula is C32H33F3N6O2S. The van der Waals surface area contributed by atoms with Gasteiger partial charge >= 0.3 is 6.18 Å². The van der Waals surface area contributed by atoms with Gasteiger partial charge in [0.1, 0.15) is 10.3 Å². The Kier molecular flexibility index (Phi) is 8.40. The van der Waals surface area contributed by atoms with Crippen LogP contribution in [-0.4, -0.2) is 64.3 Å². The van der Waals surface area contributed by atoms with Gasteiger partial charge in [0.05, 0.1) is 11.3 Å². The highest BCUT2D eigenvalue weighted by atomic mass is 32.1. The number of pyridine rings is 1. The van der Waals surface area contributed by atoms with Crippen LogP contribution in [0.2, 0.25) is 0 Å². The number of aromatic nitrogens is 2. The monoisotopic (exact) mass is 622 g/mol. The normalized spacial score (nSPS) is 16.3. The number of hydrogen-bond acceptors (Lipinski definition) is 7. The Morgan fingerprint density at radius 1 is 0.955 bits per heavy atom. The van der Waals surface area contributed by atoms with E-state index in [9.17, 15) is 22.8 Å². The molecule has 8 nitrogen and oxygen atoms in total. The highest BCUT2D eigenvalue weighted by molar-refractivity contribution is 7.22. The van der Waals surface area contributed by atoms with Crippen LogP contribution in [-0.2, 0) is 17.5 Å². The van der Waals surface area contributed by atoms with Gasteiger partial charge in [-0.05, 0) is 73.8 Å². The fourth-order valence-electron chi connectivity index (χ4n) is 5.38. The van der Waals surface area contributed by atoms with Gasteiger partial charge in [-0.15, -0.1) is 0 Å². The number of amides is 2. The average molecular weight is 623 g/mol. The number of fused-ring (bicyclic) bond motifs is 1. The van der Waals surface area contributed by atoms with Gasteiger partial charge in [-0.3, -0.25) is 14.5 Å². The maximum absolute atomic E-state index is 14.1. The lowest BCUT2D eigenvalue weighted by Crippen LogP contribution is -2.45. The van der Waals surface area contributed by atoms with Gasteiger partial charge in [0, 0.05) is 55.5 Å². The maximum Gasteiger partial charge on any atom is 0.416 e. The molecule has 230 valence electrons. The summed E-state index contributed by atoms with van der Waals surface area (Å²) in [6.45, 7) is 8.19. The SMILES string of the molecule is CCN1CCN(Cc2ccc(NC(=O)c3ccc(C)c(-c4ccc5nc(NC(=O)C6CC6)sc5n4)c3)cc2C(F)(F)F)CC1. The van der Waals surface area contributed by atoms with E-state index in [4.69, 9.17) is 4.98 Å². The van der Waals surface area contributed by atoms with Crippen molar-refractivity contribution in [3.05, 3.63) is 70.8 Å². The molecule has 44 heavy (non-hydrogen) atoms. The standard InChI is InChI=1S/C32H33F3N6O2S/c1-3-40-12-14-41(15-13-40)18-22-8-9-23(17-25(22)32(33,34)35)36-29(43)21-5-4-19(2)24(16-21)26-10-11-27-30(37-26)44-31(38-27)39-28(42)20-6-7-20/h4-5,8-11,16-17,20H,3,6-7,12-15,18H2,1-2H3,(H,36,43)(H,38,39,42). The van der Waals surface area contributed by atoms with E-state index >= 15 is 0 Å². The van der Waals surface area contributed by atoms with Crippen molar-refractivity contribution >= 4 is 44.3 Å². The summed E-state index contributed by atoms with van der Waals surface area (Å²) >= 11 is 1.28. The molecule has 0 unspecified atom stereocenters. The Morgan fingerprint density at radius 3 is 2.41 bits per heavy atom. The van der Waals surface area contributed by atoms with Crippen LogP contribution in [0.1, 0.15) is 46.8 Å². The molecule has 2 aromatic heterocycles. The molecule has 1 aliphatic heterocycles. The Balaban J connectivity index is 1.19. The number of piperazine rings is 1. The van der Waals surface area contributed by atoms with Gasteiger partial charge < -0.3 is 15.5 Å². The Bertz CT molecular complexity index is 1710. The Labute approximate surface area is 257 Å². The third-order valence-electron chi connectivity index (χ3n) is 8.19. The van der Waals surface area contributed by atoms with Crippen LogP contribution in [0.25, 0.3) is 21.6 Å². The fraction of sp³-hybridized carbons (Fsp3) is 0.375. The van der Waals surface area contributed by atoms with Crippen LogP contribution in [0.5, 0.6) is 0 Å². The van der Waals surface area contributed by atoms with Crippen molar-refractivity contribution in [3.8, 4) is 11.3 Å². The zero-order valence-corrected chi connectivity index (χ0v) is 25.3. The van der Waals surface area contributed by atoms with Crippen molar-refractivity contribution in [2.45, 2.75) is 39.4 Å². The molecule has 4 aromatic rings. The van der Waals surface area contributed by atoms with Gasteiger partial charge in [-0.1, -0.05) is 30.4 Å². The topological polar surface area (TPSA) is 90.5 Å². The van der Waals surface area contributed by atoms with E-state index in [0.29, 0.717) is 45.4 Å². The van der Waals surface area contributed by atoms with E-state index < -0.39 is 17.6 Å². The van der Waals surface area contributed by atoms with Crippen LogP contribution in [0, 0.1) is 12.8 Å². The molecular weight excluding hydrogens is 589 g/mol. The highest BCUT2D eigenvalue weighted by Crippen LogP contribution is 2.36. The number of thiazole rings is 1. The number of benzene rings is 2. The van der Waals surface area contributed by atoms with Gasteiger partial charge in [-0.25, -0.2) is 9.97 Å². The molecule has 6 rings (SSSR count). The second-order valence-electron chi connectivity index (χ2n) is 11.4. The summed E-state index contributed by atoms with van der Waals surface area (Å²) in [7, 11) is 0. The first-order valence-electron chi connectivity index (χ1n) is 14.7. The third-order valence-corrected chi connectivity index (χ3v) is 9.07. The van der Waals surface area contributed by atoms with Crippen LogP contribution >= 0.6 is 11.3 Å². The third kappa shape index (κ3) is 6.77. The number of alkyl halides is 3. The van der Waals surface area contributed by atoms with Gasteiger partial charge in [-0.2, -0.15) is 13.2 Å². The van der Waals surface area contributed by atoms with Crippen LogP contribution in [0.15, 0.2) is 48.5 Å². The minimum absolute atomic E-state index is 0.0266. The second kappa shape index (κ2) is 12.3. The first-order chi connectivity index (χ1) is 21.1. The van der Waals surface area contributed by atoms with E-state index in [1.807, 2.05) is 17.9 Å². The molecule has 0 bridgehead atoms. The number of carbonyl (C=O) groups excluding carboxylic acids is 2. The molecule has 0 spiro atoms. The Morgan fingerprint density at radius 2 is 1.70 bits per heavy atom. The minimum atomic E-state index is -4.56. The maximum atomic E-state index is 14.1. The second-order valence-corrected chi connectivity index (χ2v) is 12.3. The summed E-state index contributed by atoms with van der Waals surface area (Å²) < 4.78 is 42.3. The van der Waals surface area contributed by atoms with Crippen molar-refractivity contribution in [2.24, 2.45) is 5.92 Å². The van der Waals surface area contributed by atoms with Gasteiger partial charge in [0.2, 0.25) is 5.91 Å². The summed E-state index contributed by atoms with van der Waals surface area (Å²) in [6.07, 6.45) is -2.76. The smallest absolute Gasteiger partial charge is 0.322 e.